The molecule has 1 aromatic carbocycles. The van der Waals surface area contributed by atoms with Crippen LogP contribution < -0.4 is 10.2 Å². The van der Waals surface area contributed by atoms with E-state index >= 15 is 0 Å². The number of aromatic nitrogens is 2. The highest BCUT2D eigenvalue weighted by Gasteiger charge is 2.29. The van der Waals surface area contributed by atoms with Gasteiger partial charge in [-0.05, 0) is 51.0 Å². The first-order valence-corrected chi connectivity index (χ1v) is 7.58. The molecule has 2 heterocycles. The summed E-state index contributed by atoms with van der Waals surface area (Å²) < 4.78 is 1.88. The first-order chi connectivity index (χ1) is 9.99. The number of thiocarbonyl (C=S) groups is 1. The van der Waals surface area contributed by atoms with Crippen molar-refractivity contribution in [3.05, 3.63) is 41.2 Å². The zero-order valence-electron chi connectivity index (χ0n) is 12.8. The van der Waals surface area contributed by atoms with Crippen molar-refractivity contribution in [1.82, 2.24) is 9.78 Å². The highest BCUT2D eigenvalue weighted by molar-refractivity contribution is 7.80. The van der Waals surface area contributed by atoms with Crippen molar-refractivity contribution in [3.63, 3.8) is 0 Å². The van der Waals surface area contributed by atoms with Gasteiger partial charge in [-0.2, -0.15) is 5.10 Å². The number of rotatable bonds is 1. The quantitative estimate of drug-likeness (QED) is 0.820. The number of benzene rings is 1. The molecule has 0 aliphatic carbocycles. The summed E-state index contributed by atoms with van der Waals surface area (Å²) in [6, 6.07) is 8.83. The molecule has 1 aliphatic heterocycles. The maximum atomic E-state index is 5.66. The van der Waals surface area contributed by atoms with E-state index < -0.39 is 0 Å². The summed E-state index contributed by atoms with van der Waals surface area (Å²) >= 11 is 5.66. The van der Waals surface area contributed by atoms with Crippen LogP contribution in [0.4, 0.5) is 11.4 Å². The number of fused-ring (bicyclic) bond motifs is 1. The second-order valence-corrected chi connectivity index (χ2v) is 6.04. The van der Waals surface area contributed by atoms with Crippen molar-refractivity contribution in [2.75, 3.05) is 10.2 Å². The molecule has 1 aromatic heterocycles. The molecule has 0 spiro atoms. The van der Waals surface area contributed by atoms with Crippen LogP contribution in [0.5, 0.6) is 0 Å². The molecule has 1 atom stereocenters. The third-order valence-electron chi connectivity index (χ3n) is 4.17. The normalized spacial score (nSPS) is 17.0. The summed E-state index contributed by atoms with van der Waals surface area (Å²) in [5.41, 5.74) is 5.64. The van der Waals surface area contributed by atoms with Crippen LogP contribution in [0.15, 0.2) is 24.3 Å². The van der Waals surface area contributed by atoms with Crippen LogP contribution in [0.25, 0.3) is 0 Å². The minimum Gasteiger partial charge on any atom is -0.329 e. The lowest BCUT2D eigenvalue weighted by atomic mass is 10.1. The minimum atomic E-state index is 0.375. The van der Waals surface area contributed by atoms with Gasteiger partial charge >= 0.3 is 0 Å². The topological polar surface area (TPSA) is 33.1 Å². The molecule has 0 amide bonds. The predicted molar refractivity (Wildman–Crippen MR) is 91.0 cm³/mol. The van der Waals surface area contributed by atoms with E-state index in [4.69, 9.17) is 12.2 Å². The highest BCUT2D eigenvalue weighted by atomic mass is 32.1. The van der Waals surface area contributed by atoms with Crippen LogP contribution in [0.2, 0.25) is 0 Å². The molecule has 0 unspecified atom stereocenters. The van der Waals surface area contributed by atoms with Crippen LogP contribution in [-0.4, -0.2) is 20.9 Å². The van der Waals surface area contributed by atoms with Gasteiger partial charge < -0.3 is 10.2 Å². The van der Waals surface area contributed by atoms with Crippen LogP contribution in [0.1, 0.15) is 23.9 Å². The van der Waals surface area contributed by atoms with Gasteiger partial charge in [0, 0.05) is 18.8 Å². The third-order valence-corrected chi connectivity index (χ3v) is 4.47. The van der Waals surface area contributed by atoms with Crippen LogP contribution in [0.3, 0.4) is 0 Å². The maximum Gasteiger partial charge on any atom is 0.178 e. The van der Waals surface area contributed by atoms with E-state index in [2.05, 4.69) is 46.5 Å². The van der Waals surface area contributed by atoms with Gasteiger partial charge in [-0.15, -0.1) is 0 Å². The first-order valence-electron chi connectivity index (χ1n) is 7.17. The molecule has 0 saturated heterocycles. The molecule has 0 fully saturated rings. The molecule has 5 heteroatoms. The van der Waals surface area contributed by atoms with Gasteiger partial charge in [-0.1, -0.05) is 18.2 Å². The van der Waals surface area contributed by atoms with Crippen LogP contribution in [-0.2, 0) is 13.5 Å². The lowest BCUT2D eigenvalue weighted by Crippen LogP contribution is -2.39. The fourth-order valence-corrected chi connectivity index (χ4v) is 3.38. The van der Waals surface area contributed by atoms with E-state index in [1.165, 1.54) is 11.3 Å². The average molecular weight is 300 g/mol. The van der Waals surface area contributed by atoms with Crippen molar-refractivity contribution in [2.24, 2.45) is 7.05 Å². The molecular weight excluding hydrogens is 280 g/mol. The fourth-order valence-electron chi connectivity index (χ4n) is 3.00. The minimum absolute atomic E-state index is 0.375. The Morgan fingerprint density at radius 1 is 1.33 bits per heavy atom. The lowest BCUT2D eigenvalue weighted by molar-refractivity contribution is 0.731. The Balaban J connectivity index is 1.89. The molecule has 1 N–H and O–H groups in total. The number of para-hydroxylation sites is 1. The second-order valence-electron chi connectivity index (χ2n) is 5.65. The summed E-state index contributed by atoms with van der Waals surface area (Å²) in [5.74, 6) is 0. The van der Waals surface area contributed by atoms with Crippen molar-refractivity contribution in [1.29, 1.82) is 0 Å². The van der Waals surface area contributed by atoms with Gasteiger partial charge in [0.15, 0.2) is 5.11 Å². The molecule has 0 radical (unpaired) electrons. The van der Waals surface area contributed by atoms with Crippen molar-refractivity contribution >= 4 is 28.7 Å². The van der Waals surface area contributed by atoms with Crippen molar-refractivity contribution in [3.8, 4) is 0 Å². The smallest absolute Gasteiger partial charge is 0.178 e. The average Bonchev–Trinajstić information content (AvgIpc) is 2.89. The number of hydrogen-bond donors (Lipinski definition) is 1. The van der Waals surface area contributed by atoms with E-state index in [1.54, 1.807) is 0 Å². The Morgan fingerprint density at radius 3 is 2.71 bits per heavy atom. The van der Waals surface area contributed by atoms with E-state index in [-0.39, 0.29) is 0 Å². The number of nitrogens with one attached hydrogen (secondary N) is 1. The van der Waals surface area contributed by atoms with Crippen LogP contribution in [0, 0.1) is 13.8 Å². The van der Waals surface area contributed by atoms with Crippen molar-refractivity contribution in [2.45, 2.75) is 33.2 Å². The Kier molecular flexibility index (Phi) is 3.45. The first kappa shape index (κ1) is 14.1. The number of nitrogens with zero attached hydrogens (tertiary/aromatic N) is 3. The summed E-state index contributed by atoms with van der Waals surface area (Å²) in [6.45, 7) is 6.25. The van der Waals surface area contributed by atoms with Gasteiger partial charge in [0.2, 0.25) is 0 Å². The Hall–Kier alpha value is -1.88. The molecule has 3 rings (SSSR count). The fraction of sp³-hybridized carbons (Fsp3) is 0.375. The molecule has 4 nitrogen and oxygen atoms in total. The maximum absolute atomic E-state index is 5.66. The molecule has 21 heavy (non-hydrogen) atoms. The summed E-state index contributed by atoms with van der Waals surface area (Å²) in [6.07, 6.45) is 1.03. The molecule has 2 aromatic rings. The molecule has 1 aliphatic rings. The van der Waals surface area contributed by atoms with E-state index in [1.807, 2.05) is 25.6 Å². The number of anilines is 2. The van der Waals surface area contributed by atoms with E-state index in [0.29, 0.717) is 6.04 Å². The standard InChI is InChI=1S/C16H20N4S/c1-10-9-13-7-5-6-8-14(13)20(10)16(21)17-15-11(2)18-19(4)12(15)3/h5-8,10H,9H2,1-4H3,(H,17,21)/t10-/m0/s1. The Bertz CT molecular complexity index is 704. The Labute approximate surface area is 130 Å². The van der Waals surface area contributed by atoms with E-state index in [9.17, 15) is 0 Å². The van der Waals surface area contributed by atoms with Gasteiger partial charge in [-0.25, -0.2) is 0 Å². The highest BCUT2D eigenvalue weighted by Crippen LogP contribution is 2.32. The Morgan fingerprint density at radius 2 is 2.05 bits per heavy atom. The zero-order chi connectivity index (χ0) is 15.1. The van der Waals surface area contributed by atoms with Gasteiger partial charge in [-0.3, -0.25) is 4.68 Å². The van der Waals surface area contributed by atoms with E-state index in [0.717, 1.165) is 28.6 Å². The molecule has 110 valence electrons. The summed E-state index contributed by atoms with van der Waals surface area (Å²) in [5, 5.41) is 8.56. The van der Waals surface area contributed by atoms with Gasteiger partial charge in [0.05, 0.1) is 17.1 Å². The molecule has 0 bridgehead atoms. The number of aryl methyl sites for hydroxylation is 2. The second kappa shape index (κ2) is 5.15. The monoisotopic (exact) mass is 300 g/mol. The SMILES string of the molecule is Cc1nn(C)c(C)c1NC(=S)N1c2ccccc2C[C@@H]1C. The van der Waals surface area contributed by atoms with Crippen LogP contribution >= 0.6 is 12.2 Å². The lowest BCUT2D eigenvalue weighted by Gasteiger charge is -2.26. The largest absolute Gasteiger partial charge is 0.329 e. The summed E-state index contributed by atoms with van der Waals surface area (Å²) in [4.78, 5) is 2.20. The van der Waals surface area contributed by atoms with Gasteiger partial charge in [0.25, 0.3) is 0 Å². The summed E-state index contributed by atoms with van der Waals surface area (Å²) in [7, 11) is 1.95. The van der Waals surface area contributed by atoms with Gasteiger partial charge in [0.1, 0.15) is 0 Å². The predicted octanol–water partition coefficient (Wildman–Crippen LogP) is 3.18. The molecular formula is C16H20N4S. The molecule has 0 saturated carbocycles. The number of hydrogen-bond acceptors (Lipinski definition) is 2. The van der Waals surface area contributed by atoms with Crippen molar-refractivity contribution < 1.29 is 0 Å². The zero-order valence-corrected chi connectivity index (χ0v) is 13.7. The third kappa shape index (κ3) is 2.31.